The second-order valence-electron chi connectivity index (χ2n) is 5.66. The fourth-order valence-corrected chi connectivity index (χ4v) is 3.23. The normalized spacial score (nSPS) is 13.6. The number of hydrogen-bond donors (Lipinski definition) is 1. The molecule has 0 saturated heterocycles. The maximum Gasteiger partial charge on any atom is 0.178 e. The first kappa shape index (κ1) is 15.9. The molecule has 1 aromatic heterocycles. The van der Waals surface area contributed by atoms with Crippen LogP contribution in [0.2, 0.25) is 0 Å². The number of halogens is 2. The second-order valence-corrected chi connectivity index (χ2v) is 7.21. The van der Waals surface area contributed by atoms with Gasteiger partial charge in [-0.1, -0.05) is 13.8 Å². The highest BCUT2D eigenvalue weighted by Gasteiger charge is 2.20. The zero-order chi connectivity index (χ0) is 15.0. The van der Waals surface area contributed by atoms with Gasteiger partial charge in [0.15, 0.2) is 4.77 Å². The van der Waals surface area contributed by atoms with Crippen molar-refractivity contribution in [2.24, 2.45) is 5.92 Å². The number of likely N-dealkylation sites (N-methyl/N-ethyl adjacent to an activating group) is 1. The molecule has 0 aliphatic heterocycles. The number of H-pyrrole nitrogens is 1. The van der Waals surface area contributed by atoms with Gasteiger partial charge in [-0.3, -0.25) is 0 Å². The van der Waals surface area contributed by atoms with Crippen LogP contribution in [0, 0.1) is 20.1 Å². The summed E-state index contributed by atoms with van der Waals surface area (Å²) in [4.78, 5) is 5.32. The third kappa shape index (κ3) is 3.07. The van der Waals surface area contributed by atoms with Crippen LogP contribution in [0.15, 0.2) is 12.1 Å². The van der Waals surface area contributed by atoms with Crippen molar-refractivity contribution in [3.63, 3.8) is 0 Å². The van der Waals surface area contributed by atoms with E-state index in [1.54, 1.807) is 6.07 Å². The highest BCUT2D eigenvalue weighted by atomic mass is 127. The Morgan fingerprint density at radius 1 is 1.40 bits per heavy atom. The lowest BCUT2D eigenvalue weighted by Crippen LogP contribution is -2.28. The zero-order valence-corrected chi connectivity index (χ0v) is 15.0. The third-order valence-corrected chi connectivity index (χ3v) is 4.54. The summed E-state index contributed by atoms with van der Waals surface area (Å²) in [7, 11) is 4.08. The van der Waals surface area contributed by atoms with Crippen LogP contribution in [0.4, 0.5) is 4.39 Å². The Balaban J connectivity index is 2.65. The number of imidazole rings is 1. The third-order valence-electron chi connectivity index (χ3n) is 3.41. The minimum atomic E-state index is -0.201. The van der Waals surface area contributed by atoms with Crippen LogP contribution < -0.4 is 0 Å². The minimum Gasteiger partial charge on any atom is -0.331 e. The zero-order valence-electron chi connectivity index (χ0n) is 12.1. The van der Waals surface area contributed by atoms with Gasteiger partial charge < -0.3 is 14.5 Å². The summed E-state index contributed by atoms with van der Waals surface area (Å²) >= 11 is 7.45. The number of rotatable bonds is 4. The Hall–Kier alpha value is -0.470. The fraction of sp³-hybridized carbons (Fsp3) is 0.500. The van der Waals surface area contributed by atoms with Crippen molar-refractivity contribution in [1.82, 2.24) is 14.5 Å². The summed E-state index contributed by atoms with van der Waals surface area (Å²) in [5, 5.41) is 0. The van der Waals surface area contributed by atoms with Crippen molar-refractivity contribution in [2.75, 3.05) is 20.6 Å². The molecule has 2 aromatic rings. The molecule has 20 heavy (non-hydrogen) atoms. The Labute approximate surface area is 137 Å². The van der Waals surface area contributed by atoms with Crippen LogP contribution in [0.5, 0.6) is 0 Å². The van der Waals surface area contributed by atoms with Gasteiger partial charge in [0.1, 0.15) is 5.82 Å². The van der Waals surface area contributed by atoms with Gasteiger partial charge in [0.05, 0.1) is 20.6 Å². The summed E-state index contributed by atoms with van der Waals surface area (Å²) in [6.45, 7) is 5.20. The van der Waals surface area contributed by atoms with Gasteiger partial charge in [0, 0.05) is 12.6 Å². The molecule has 6 heteroatoms. The SMILES string of the molecule is CC(C)C(CN(C)C)n1c(=S)[nH]c2cc(I)c(F)cc21. The van der Waals surface area contributed by atoms with Gasteiger partial charge in [-0.15, -0.1) is 0 Å². The van der Waals surface area contributed by atoms with Gasteiger partial charge in [-0.05, 0) is 60.9 Å². The van der Waals surface area contributed by atoms with E-state index < -0.39 is 0 Å². The van der Waals surface area contributed by atoms with Crippen LogP contribution in [-0.4, -0.2) is 35.1 Å². The molecule has 0 saturated carbocycles. The van der Waals surface area contributed by atoms with Crippen molar-refractivity contribution >= 4 is 45.8 Å². The molecular formula is C14H19FIN3S. The molecule has 0 aliphatic rings. The number of aromatic nitrogens is 2. The minimum absolute atomic E-state index is 0.201. The summed E-state index contributed by atoms with van der Waals surface area (Å²) in [6.07, 6.45) is 0. The summed E-state index contributed by atoms with van der Waals surface area (Å²) in [5.74, 6) is 0.207. The van der Waals surface area contributed by atoms with Gasteiger partial charge >= 0.3 is 0 Å². The Kier molecular flexibility index (Phi) is 4.86. The van der Waals surface area contributed by atoms with Crippen LogP contribution in [0.3, 0.4) is 0 Å². The Bertz CT molecular complexity index is 675. The summed E-state index contributed by atoms with van der Waals surface area (Å²) in [5.41, 5.74) is 1.73. The van der Waals surface area contributed by atoms with E-state index in [4.69, 9.17) is 12.2 Å². The standard InChI is InChI=1S/C14H19FIN3S/c1-8(2)13(7-18(3)4)19-12-5-9(15)10(16)6-11(12)17-14(19)20/h5-6,8,13H,7H2,1-4H3,(H,17,20). The van der Waals surface area contributed by atoms with E-state index in [1.807, 2.05) is 42.8 Å². The van der Waals surface area contributed by atoms with E-state index in [0.717, 1.165) is 17.6 Å². The number of nitrogens with zero attached hydrogens (tertiary/aromatic N) is 2. The number of aromatic amines is 1. The van der Waals surface area contributed by atoms with E-state index >= 15 is 0 Å². The van der Waals surface area contributed by atoms with Crippen LogP contribution >= 0.6 is 34.8 Å². The highest BCUT2D eigenvalue weighted by Crippen LogP contribution is 2.27. The fourth-order valence-electron chi connectivity index (χ4n) is 2.41. The molecule has 1 N–H and O–H groups in total. The summed E-state index contributed by atoms with van der Waals surface area (Å²) in [6, 6.07) is 3.60. The van der Waals surface area contributed by atoms with Crippen molar-refractivity contribution in [3.05, 3.63) is 26.3 Å². The number of nitrogens with one attached hydrogen (secondary N) is 1. The molecule has 3 nitrogen and oxygen atoms in total. The molecule has 1 unspecified atom stereocenters. The number of benzene rings is 1. The molecule has 0 spiro atoms. The van der Waals surface area contributed by atoms with E-state index in [0.29, 0.717) is 14.3 Å². The monoisotopic (exact) mass is 407 g/mol. The largest absolute Gasteiger partial charge is 0.331 e. The molecular weight excluding hydrogens is 388 g/mol. The molecule has 0 radical (unpaired) electrons. The smallest absolute Gasteiger partial charge is 0.178 e. The predicted octanol–water partition coefficient (Wildman–Crippen LogP) is 4.20. The maximum absolute atomic E-state index is 13.9. The summed E-state index contributed by atoms with van der Waals surface area (Å²) < 4.78 is 17.2. The predicted molar refractivity (Wildman–Crippen MR) is 92.2 cm³/mol. The quantitative estimate of drug-likeness (QED) is 0.607. The van der Waals surface area contributed by atoms with Crippen molar-refractivity contribution in [3.8, 4) is 0 Å². The van der Waals surface area contributed by atoms with E-state index in [2.05, 4.69) is 28.3 Å². The van der Waals surface area contributed by atoms with E-state index in [9.17, 15) is 4.39 Å². The van der Waals surface area contributed by atoms with E-state index in [1.165, 1.54) is 0 Å². The van der Waals surface area contributed by atoms with Crippen LogP contribution in [0.1, 0.15) is 19.9 Å². The molecule has 1 atom stereocenters. The van der Waals surface area contributed by atoms with Gasteiger partial charge in [-0.25, -0.2) is 4.39 Å². The van der Waals surface area contributed by atoms with Gasteiger partial charge in [-0.2, -0.15) is 0 Å². The van der Waals surface area contributed by atoms with Crippen molar-refractivity contribution < 1.29 is 4.39 Å². The average molecular weight is 407 g/mol. The highest BCUT2D eigenvalue weighted by molar-refractivity contribution is 14.1. The number of hydrogen-bond acceptors (Lipinski definition) is 2. The first-order valence-corrected chi connectivity index (χ1v) is 8.04. The Morgan fingerprint density at radius 2 is 2.05 bits per heavy atom. The van der Waals surface area contributed by atoms with Crippen LogP contribution in [-0.2, 0) is 0 Å². The topological polar surface area (TPSA) is 24.0 Å². The maximum atomic E-state index is 13.9. The molecule has 0 bridgehead atoms. The number of fused-ring (bicyclic) bond motifs is 1. The lowest BCUT2D eigenvalue weighted by molar-refractivity contribution is 0.272. The Morgan fingerprint density at radius 3 is 2.60 bits per heavy atom. The molecule has 2 rings (SSSR count). The van der Waals surface area contributed by atoms with E-state index in [-0.39, 0.29) is 11.9 Å². The van der Waals surface area contributed by atoms with Crippen molar-refractivity contribution in [2.45, 2.75) is 19.9 Å². The molecule has 0 aliphatic carbocycles. The molecule has 0 fully saturated rings. The lowest BCUT2D eigenvalue weighted by Gasteiger charge is -2.26. The van der Waals surface area contributed by atoms with Crippen LogP contribution in [0.25, 0.3) is 11.0 Å². The van der Waals surface area contributed by atoms with Gasteiger partial charge in [0.25, 0.3) is 0 Å². The van der Waals surface area contributed by atoms with Gasteiger partial charge in [0.2, 0.25) is 0 Å². The first-order chi connectivity index (χ1) is 9.31. The average Bonchev–Trinajstić information content (AvgIpc) is 2.62. The molecule has 110 valence electrons. The molecule has 1 aromatic carbocycles. The molecule has 0 amide bonds. The lowest BCUT2D eigenvalue weighted by atomic mass is 10.0. The second kappa shape index (κ2) is 6.11. The first-order valence-electron chi connectivity index (χ1n) is 6.55. The molecule has 1 heterocycles. The van der Waals surface area contributed by atoms with Crippen molar-refractivity contribution in [1.29, 1.82) is 0 Å².